The molecule has 4 rings (SSSR count). The van der Waals surface area contributed by atoms with E-state index in [-0.39, 0.29) is 27.3 Å². The minimum Gasteiger partial charge on any atom is -0.382 e. The highest BCUT2D eigenvalue weighted by atomic mass is 35.5. The molecule has 8 nitrogen and oxygen atoms in total. The normalized spacial score (nSPS) is 15.0. The van der Waals surface area contributed by atoms with Gasteiger partial charge < -0.3 is 5.11 Å². The summed E-state index contributed by atoms with van der Waals surface area (Å²) in [7, 11) is 0. The summed E-state index contributed by atoms with van der Waals surface area (Å²) in [6.45, 7) is 0. The van der Waals surface area contributed by atoms with E-state index in [1.807, 2.05) is 0 Å². The number of hydrogen-bond acceptors (Lipinski definition) is 6. The van der Waals surface area contributed by atoms with Crippen LogP contribution in [0.15, 0.2) is 82.3 Å². The minimum atomic E-state index is -1.47. The molecule has 0 aliphatic carbocycles. The van der Waals surface area contributed by atoms with Crippen molar-refractivity contribution >= 4 is 46.6 Å². The van der Waals surface area contributed by atoms with Gasteiger partial charge in [0.1, 0.15) is 6.10 Å². The molecule has 3 N–H and O–H groups in total. The summed E-state index contributed by atoms with van der Waals surface area (Å²) in [5.74, 6) is -1.27. The Bertz CT molecular complexity index is 1410. The summed E-state index contributed by atoms with van der Waals surface area (Å²) >= 11 is 18.2. The van der Waals surface area contributed by atoms with E-state index in [1.54, 1.807) is 12.1 Å². The Morgan fingerprint density at radius 2 is 1.58 bits per heavy atom. The van der Waals surface area contributed by atoms with E-state index in [9.17, 15) is 14.7 Å². The van der Waals surface area contributed by atoms with E-state index in [4.69, 9.17) is 34.8 Å². The quantitative estimate of drug-likeness (QED) is 0.366. The van der Waals surface area contributed by atoms with Crippen LogP contribution in [0.5, 0.6) is 0 Å². The number of hydrazine groups is 1. The zero-order valence-electron chi connectivity index (χ0n) is 16.6. The molecular weight excluding hydrogens is 489 g/mol. The average molecular weight is 503 g/mol. The molecule has 11 heteroatoms. The maximum absolute atomic E-state index is 12.8. The van der Waals surface area contributed by atoms with Crippen LogP contribution < -0.4 is 21.6 Å². The smallest absolute Gasteiger partial charge is 0.298 e. The van der Waals surface area contributed by atoms with Gasteiger partial charge in [-0.25, -0.2) is 9.98 Å². The lowest BCUT2D eigenvalue weighted by Crippen LogP contribution is -2.41. The maximum Gasteiger partial charge on any atom is 0.298 e. The van der Waals surface area contributed by atoms with Gasteiger partial charge in [-0.15, -0.1) is 0 Å². The number of fused-ring (bicyclic) bond motifs is 1. The number of nitrogens with zero attached hydrogens (tertiary/aromatic N) is 3. The maximum atomic E-state index is 12.8. The van der Waals surface area contributed by atoms with Crippen LogP contribution >= 0.6 is 34.8 Å². The SMILES string of the molecule is O=C1N=c2cc(Cl)ccc2=N/C1=C(\NNC(=O)c1ccncc1)C(O)c1ccc(Cl)cc1Cl. The van der Waals surface area contributed by atoms with Crippen molar-refractivity contribution in [1.29, 1.82) is 0 Å². The van der Waals surface area contributed by atoms with Crippen molar-refractivity contribution in [2.75, 3.05) is 0 Å². The van der Waals surface area contributed by atoms with Gasteiger partial charge in [-0.1, -0.05) is 40.9 Å². The number of aliphatic hydroxyl groups excluding tert-OH is 1. The standard InChI is InChI=1S/C22H14Cl3N5O3/c23-12-1-3-14(15(25)9-12)20(31)18(29-30-21(32)11-5-7-26-8-6-11)19-22(33)28-17-10-13(24)2-4-16(17)27-19/h1-10,20,29,31H,(H,30,32)/b19-18-. The summed E-state index contributed by atoms with van der Waals surface area (Å²) in [5, 5.41) is 12.7. The van der Waals surface area contributed by atoms with E-state index < -0.39 is 17.9 Å². The second-order valence-corrected chi connectivity index (χ2v) is 8.09. The lowest BCUT2D eigenvalue weighted by atomic mass is 10.0. The topological polar surface area (TPSA) is 116 Å². The van der Waals surface area contributed by atoms with E-state index in [2.05, 4.69) is 25.8 Å². The predicted molar refractivity (Wildman–Crippen MR) is 122 cm³/mol. The van der Waals surface area contributed by atoms with Crippen molar-refractivity contribution in [2.45, 2.75) is 6.10 Å². The molecule has 1 aliphatic rings. The lowest BCUT2D eigenvalue weighted by molar-refractivity contribution is -0.115. The van der Waals surface area contributed by atoms with Crippen molar-refractivity contribution in [3.05, 3.63) is 109 Å². The lowest BCUT2D eigenvalue weighted by Gasteiger charge is -2.21. The molecule has 0 saturated carbocycles. The van der Waals surface area contributed by atoms with Gasteiger partial charge >= 0.3 is 0 Å². The fourth-order valence-electron chi connectivity index (χ4n) is 3.02. The van der Waals surface area contributed by atoms with Crippen molar-refractivity contribution in [2.24, 2.45) is 9.98 Å². The Morgan fingerprint density at radius 1 is 0.879 bits per heavy atom. The number of rotatable bonds is 5. The Hall–Kier alpha value is -3.30. The van der Waals surface area contributed by atoms with Gasteiger partial charge in [0.15, 0.2) is 5.70 Å². The third kappa shape index (κ3) is 5.04. The largest absolute Gasteiger partial charge is 0.382 e. The molecule has 0 saturated heterocycles. The van der Waals surface area contributed by atoms with Gasteiger partial charge in [0, 0.05) is 38.6 Å². The van der Waals surface area contributed by atoms with Gasteiger partial charge in [0.2, 0.25) is 0 Å². The highest BCUT2D eigenvalue weighted by Gasteiger charge is 2.26. The van der Waals surface area contributed by atoms with Crippen LogP contribution in [0.1, 0.15) is 22.0 Å². The van der Waals surface area contributed by atoms with Gasteiger partial charge in [-0.05, 0) is 42.5 Å². The first kappa shape index (κ1) is 22.9. The average Bonchev–Trinajstić information content (AvgIpc) is 2.79. The number of aliphatic hydroxyl groups is 1. The molecule has 1 atom stereocenters. The monoisotopic (exact) mass is 501 g/mol. The van der Waals surface area contributed by atoms with Crippen LogP contribution in [0, 0.1) is 0 Å². The third-order valence-corrected chi connectivity index (χ3v) is 5.43. The summed E-state index contributed by atoms with van der Waals surface area (Å²) in [4.78, 5) is 37.5. The van der Waals surface area contributed by atoms with Crippen LogP contribution in [0.2, 0.25) is 15.1 Å². The number of amides is 2. The molecule has 1 aromatic heterocycles. The van der Waals surface area contributed by atoms with E-state index in [0.29, 0.717) is 21.0 Å². The number of aromatic nitrogens is 1. The van der Waals surface area contributed by atoms with Crippen molar-refractivity contribution in [1.82, 2.24) is 15.8 Å². The zero-order chi connectivity index (χ0) is 23.5. The molecule has 0 fully saturated rings. The molecule has 1 aliphatic heterocycles. The first-order valence-corrected chi connectivity index (χ1v) is 10.6. The van der Waals surface area contributed by atoms with Crippen LogP contribution in [-0.4, -0.2) is 21.9 Å². The molecule has 166 valence electrons. The zero-order valence-corrected chi connectivity index (χ0v) is 18.9. The molecule has 0 spiro atoms. The number of halogens is 3. The number of pyridine rings is 1. The van der Waals surface area contributed by atoms with Crippen molar-refractivity contribution in [3.8, 4) is 0 Å². The number of nitrogens with one attached hydrogen (secondary N) is 2. The van der Waals surface area contributed by atoms with Gasteiger partial charge in [-0.2, -0.15) is 0 Å². The van der Waals surface area contributed by atoms with Crippen LogP contribution in [0.3, 0.4) is 0 Å². The van der Waals surface area contributed by atoms with Gasteiger partial charge in [0.25, 0.3) is 11.8 Å². The highest BCUT2D eigenvalue weighted by Crippen LogP contribution is 2.31. The second kappa shape index (κ2) is 9.68. The Kier molecular flexibility index (Phi) is 6.71. The van der Waals surface area contributed by atoms with Crippen LogP contribution in [0.4, 0.5) is 0 Å². The first-order chi connectivity index (χ1) is 15.8. The first-order valence-electron chi connectivity index (χ1n) is 9.44. The van der Waals surface area contributed by atoms with Gasteiger partial charge in [0.05, 0.1) is 16.4 Å². The molecule has 2 heterocycles. The summed E-state index contributed by atoms with van der Waals surface area (Å²) < 4.78 is 0. The molecule has 1 unspecified atom stereocenters. The molecule has 0 bridgehead atoms. The summed E-state index contributed by atoms with van der Waals surface area (Å²) in [5.41, 5.74) is 5.27. The third-order valence-electron chi connectivity index (χ3n) is 4.63. The highest BCUT2D eigenvalue weighted by molar-refractivity contribution is 6.35. The van der Waals surface area contributed by atoms with Crippen molar-refractivity contribution in [3.63, 3.8) is 0 Å². The van der Waals surface area contributed by atoms with Crippen LogP contribution in [0.25, 0.3) is 0 Å². The number of hydrogen-bond donors (Lipinski definition) is 3. The summed E-state index contributed by atoms with van der Waals surface area (Å²) in [6.07, 6.45) is 1.44. The van der Waals surface area contributed by atoms with E-state index in [0.717, 1.165) is 0 Å². The number of benzene rings is 2. The second-order valence-electron chi connectivity index (χ2n) is 6.81. The molecule has 2 amide bonds. The molecule has 0 radical (unpaired) electrons. The Balaban J connectivity index is 1.79. The Labute approximate surface area is 202 Å². The van der Waals surface area contributed by atoms with E-state index in [1.165, 1.54) is 48.8 Å². The minimum absolute atomic E-state index is 0.129. The number of carbonyl (C=O) groups is 2. The fourth-order valence-corrected chi connectivity index (χ4v) is 3.70. The fraction of sp³-hybridized carbons (Fsp3) is 0.0455. The van der Waals surface area contributed by atoms with Crippen LogP contribution in [-0.2, 0) is 4.79 Å². The Morgan fingerprint density at radius 3 is 2.30 bits per heavy atom. The summed E-state index contributed by atoms with van der Waals surface area (Å²) in [6, 6.07) is 12.2. The van der Waals surface area contributed by atoms with E-state index >= 15 is 0 Å². The molecule has 2 aromatic carbocycles. The molecule has 33 heavy (non-hydrogen) atoms. The number of carbonyl (C=O) groups excluding carboxylic acids is 2. The predicted octanol–water partition coefficient (Wildman–Crippen LogP) is 2.70. The van der Waals surface area contributed by atoms with Crippen molar-refractivity contribution < 1.29 is 14.7 Å². The molecule has 3 aromatic rings. The van der Waals surface area contributed by atoms with Gasteiger partial charge in [-0.3, -0.25) is 25.4 Å². The molecular formula is C22H14Cl3N5O3.